The summed E-state index contributed by atoms with van der Waals surface area (Å²) in [5.74, 6) is -0.136. The quantitative estimate of drug-likeness (QED) is 0.518. The first-order chi connectivity index (χ1) is 14.7. The zero-order valence-corrected chi connectivity index (χ0v) is 16.9. The van der Waals surface area contributed by atoms with Gasteiger partial charge in [-0.1, -0.05) is 24.3 Å². The van der Waals surface area contributed by atoms with E-state index in [4.69, 9.17) is 4.98 Å². The zero-order valence-electron chi connectivity index (χ0n) is 16.9. The second-order valence-corrected chi connectivity index (χ2v) is 7.86. The van der Waals surface area contributed by atoms with Crippen LogP contribution >= 0.6 is 0 Å². The lowest BCUT2D eigenvalue weighted by Crippen LogP contribution is -2.46. The van der Waals surface area contributed by atoms with Gasteiger partial charge in [0.1, 0.15) is 11.5 Å². The molecule has 6 heteroatoms. The van der Waals surface area contributed by atoms with Crippen LogP contribution in [-0.4, -0.2) is 50.9 Å². The number of hydrogen-bond acceptors (Lipinski definition) is 4. The minimum absolute atomic E-state index is 0.136. The lowest BCUT2D eigenvalue weighted by atomic mass is 10.1. The molecule has 0 spiro atoms. The minimum Gasteiger partial charge on any atom is -0.299 e. The lowest BCUT2D eigenvalue weighted by Gasteiger charge is -2.38. The number of fused-ring (bicyclic) bond motifs is 1. The third kappa shape index (κ3) is 3.60. The number of piperazine rings is 1. The molecule has 5 rings (SSSR count). The normalized spacial score (nSPS) is 18.1. The Morgan fingerprint density at radius 3 is 2.67 bits per heavy atom. The fourth-order valence-corrected chi connectivity index (χ4v) is 4.21. The number of halogens is 1. The molecule has 1 saturated heterocycles. The zero-order chi connectivity index (χ0) is 20.5. The first-order valence-corrected chi connectivity index (χ1v) is 10.2. The van der Waals surface area contributed by atoms with Gasteiger partial charge >= 0.3 is 0 Å². The Labute approximate surface area is 175 Å². The van der Waals surface area contributed by atoms with Crippen molar-refractivity contribution in [2.75, 3.05) is 26.7 Å². The van der Waals surface area contributed by atoms with Crippen molar-refractivity contribution in [3.8, 4) is 11.3 Å². The standard InChI is InChI=1S/C24H24FN5/c1-28-13-14-29(15-19-5-2-3-6-20(19)25)17-23(28)21-16-30-22(7-4-8-24(30)27-21)18-9-11-26-12-10-18/h2-12,16,23H,13-15,17H2,1H3. The SMILES string of the molecule is CN1CCN(Cc2ccccc2F)CC1c1cn2c(-c3ccncc3)cccc2n1. The van der Waals surface area contributed by atoms with Crippen LogP contribution in [0.25, 0.3) is 16.9 Å². The van der Waals surface area contributed by atoms with Crippen LogP contribution in [0.4, 0.5) is 4.39 Å². The van der Waals surface area contributed by atoms with Crippen LogP contribution < -0.4 is 0 Å². The lowest BCUT2D eigenvalue weighted by molar-refractivity contribution is 0.0878. The second-order valence-electron chi connectivity index (χ2n) is 7.86. The number of hydrogen-bond donors (Lipinski definition) is 0. The van der Waals surface area contributed by atoms with Crippen molar-refractivity contribution in [3.63, 3.8) is 0 Å². The maximum absolute atomic E-state index is 14.1. The van der Waals surface area contributed by atoms with Crippen molar-refractivity contribution in [1.29, 1.82) is 0 Å². The molecule has 0 N–H and O–H groups in total. The molecule has 30 heavy (non-hydrogen) atoms. The molecule has 1 unspecified atom stereocenters. The third-order valence-electron chi connectivity index (χ3n) is 5.91. The topological polar surface area (TPSA) is 36.7 Å². The van der Waals surface area contributed by atoms with Crippen LogP contribution in [0.5, 0.6) is 0 Å². The molecule has 5 nitrogen and oxygen atoms in total. The Morgan fingerprint density at radius 1 is 1.00 bits per heavy atom. The van der Waals surface area contributed by atoms with Gasteiger partial charge in [0.2, 0.25) is 0 Å². The molecule has 1 fully saturated rings. The maximum atomic E-state index is 14.1. The minimum atomic E-state index is -0.136. The average molecular weight is 401 g/mol. The van der Waals surface area contributed by atoms with Crippen LogP contribution in [0, 0.1) is 5.82 Å². The molecule has 4 aromatic rings. The van der Waals surface area contributed by atoms with E-state index >= 15 is 0 Å². The second kappa shape index (κ2) is 7.97. The van der Waals surface area contributed by atoms with E-state index in [-0.39, 0.29) is 11.9 Å². The fraction of sp³-hybridized carbons (Fsp3) is 0.250. The maximum Gasteiger partial charge on any atom is 0.137 e. The Hall–Kier alpha value is -3.09. The van der Waals surface area contributed by atoms with E-state index < -0.39 is 0 Å². The van der Waals surface area contributed by atoms with E-state index in [0.29, 0.717) is 6.54 Å². The molecule has 1 aliphatic rings. The van der Waals surface area contributed by atoms with Gasteiger partial charge in [-0.15, -0.1) is 0 Å². The highest BCUT2D eigenvalue weighted by molar-refractivity contribution is 5.63. The highest BCUT2D eigenvalue weighted by Crippen LogP contribution is 2.27. The summed E-state index contributed by atoms with van der Waals surface area (Å²) in [7, 11) is 2.14. The van der Waals surface area contributed by atoms with Gasteiger partial charge in [0.05, 0.1) is 17.4 Å². The smallest absolute Gasteiger partial charge is 0.137 e. The molecule has 1 atom stereocenters. The van der Waals surface area contributed by atoms with Crippen LogP contribution in [0.1, 0.15) is 17.3 Å². The number of imidazole rings is 1. The third-order valence-corrected chi connectivity index (χ3v) is 5.91. The predicted molar refractivity (Wildman–Crippen MR) is 115 cm³/mol. The molecule has 1 aliphatic heterocycles. The van der Waals surface area contributed by atoms with Crippen molar-refractivity contribution in [2.24, 2.45) is 0 Å². The number of rotatable bonds is 4. The van der Waals surface area contributed by atoms with Gasteiger partial charge in [-0.05, 0) is 37.4 Å². The number of benzene rings is 1. The van der Waals surface area contributed by atoms with Gasteiger partial charge in [-0.25, -0.2) is 9.37 Å². The molecule has 3 aromatic heterocycles. The summed E-state index contributed by atoms with van der Waals surface area (Å²) >= 11 is 0. The van der Waals surface area contributed by atoms with Crippen molar-refractivity contribution < 1.29 is 4.39 Å². The van der Waals surface area contributed by atoms with Crippen LogP contribution in [0.15, 0.2) is 73.2 Å². The molecule has 0 bridgehead atoms. The van der Waals surface area contributed by atoms with Crippen molar-refractivity contribution in [2.45, 2.75) is 12.6 Å². The highest BCUT2D eigenvalue weighted by atomic mass is 19.1. The molecule has 0 radical (unpaired) electrons. The Kier molecular flexibility index (Phi) is 5.02. The van der Waals surface area contributed by atoms with E-state index in [9.17, 15) is 4.39 Å². The Morgan fingerprint density at radius 2 is 1.83 bits per heavy atom. The fourth-order valence-electron chi connectivity index (χ4n) is 4.21. The Bertz CT molecular complexity index is 1160. The summed E-state index contributed by atoms with van der Waals surface area (Å²) in [5, 5.41) is 0. The van der Waals surface area contributed by atoms with E-state index in [1.165, 1.54) is 6.07 Å². The molecule has 4 heterocycles. The largest absolute Gasteiger partial charge is 0.299 e. The number of nitrogens with zero attached hydrogens (tertiary/aromatic N) is 5. The summed E-state index contributed by atoms with van der Waals surface area (Å²) in [6.07, 6.45) is 5.75. The molecule has 152 valence electrons. The number of pyridine rings is 2. The van der Waals surface area contributed by atoms with E-state index in [1.54, 1.807) is 6.07 Å². The first-order valence-electron chi connectivity index (χ1n) is 10.2. The van der Waals surface area contributed by atoms with E-state index in [0.717, 1.165) is 47.8 Å². The summed E-state index contributed by atoms with van der Waals surface area (Å²) in [4.78, 5) is 13.7. The first kappa shape index (κ1) is 18.9. The molecular weight excluding hydrogens is 377 g/mol. The summed E-state index contributed by atoms with van der Waals surface area (Å²) in [5.41, 5.74) is 4.92. The molecule has 1 aromatic carbocycles. The van der Waals surface area contributed by atoms with E-state index in [1.807, 2.05) is 48.8 Å². The van der Waals surface area contributed by atoms with Gasteiger partial charge in [0, 0.05) is 55.9 Å². The number of aromatic nitrogens is 3. The van der Waals surface area contributed by atoms with Crippen LogP contribution in [-0.2, 0) is 6.54 Å². The van der Waals surface area contributed by atoms with Gasteiger partial charge < -0.3 is 0 Å². The summed E-state index contributed by atoms with van der Waals surface area (Å²) in [6.45, 7) is 3.27. The van der Waals surface area contributed by atoms with Crippen LogP contribution in [0.2, 0.25) is 0 Å². The molecular formula is C24H24FN5. The molecule has 0 aliphatic carbocycles. The van der Waals surface area contributed by atoms with Gasteiger partial charge in [0.15, 0.2) is 0 Å². The van der Waals surface area contributed by atoms with Gasteiger partial charge in [0.25, 0.3) is 0 Å². The number of likely N-dealkylation sites (N-methyl/N-ethyl adjacent to an activating group) is 1. The predicted octanol–water partition coefficient (Wildman–Crippen LogP) is 4.02. The van der Waals surface area contributed by atoms with Crippen LogP contribution in [0.3, 0.4) is 0 Å². The van der Waals surface area contributed by atoms with Crippen molar-refractivity contribution in [3.05, 3.63) is 90.3 Å². The van der Waals surface area contributed by atoms with Gasteiger partial charge in [-0.2, -0.15) is 0 Å². The average Bonchev–Trinajstić information content (AvgIpc) is 3.21. The summed E-state index contributed by atoms with van der Waals surface area (Å²) in [6, 6.07) is 17.4. The summed E-state index contributed by atoms with van der Waals surface area (Å²) < 4.78 is 16.3. The van der Waals surface area contributed by atoms with Crippen molar-refractivity contribution in [1.82, 2.24) is 24.2 Å². The highest BCUT2D eigenvalue weighted by Gasteiger charge is 2.28. The van der Waals surface area contributed by atoms with Crippen molar-refractivity contribution >= 4 is 5.65 Å². The Balaban J connectivity index is 1.44. The van der Waals surface area contributed by atoms with E-state index in [2.05, 4.69) is 38.5 Å². The van der Waals surface area contributed by atoms with Gasteiger partial charge in [-0.3, -0.25) is 19.2 Å². The monoisotopic (exact) mass is 401 g/mol. The molecule has 0 amide bonds. The molecule has 0 saturated carbocycles.